The van der Waals surface area contributed by atoms with Gasteiger partial charge in [-0.05, 0) is 37.6 Å². The second-order valence-corrected chi connectivity index (χ2v) is 5.27. The van der Waals surface area contributed by atoms with Gasteiger partial charge in [0.2, 0.25) is 0 Å². The Morgan fingerprint density at radius 2 is 2.16 bits per heavy atom. The summed E-state index contributed by atoms with van der Waals surface area (Å²) in [6.07, 6.45) is 7.13. The predicted molar refractivity (Wildman–Crippen MR) is 80.0 cm³/mol. The average Bonchev–Trinajstić information content (AvgIpc) is 2.75. The first-order valence-corrected chi connectivity index (χ1v) is 6.76. The first-order valence-electron chi connectivity index (χ1n) is 6.38. The van der Waals surface area contributed by atoms with Crippen LogP contribution in [0.2, 0.25) is 0 Å². The minimum atomic E-state index is 0.326. The van der Waals surface area contributed by atoms with E-state index < -0.39 is 0 Å². The lowest BCUT2D eigenvalue weighted by atomic mass is 10.1. The molecule has 3 heteroatoms. The second kappa shape index (κ2) is 4.78. The number of benzene rings is 1. The summed E-state index contributed by atoms with van der Waals surface area (Å²) in [6, 6.07) is 8.73. The molecule has 0 bridgehead atoms. The molecule has 1 aromatic heterocycles. The van der Waals surface area contributed by atoms with E-state index in [2.05, 4.69) is 41.8 Å². The lowest BCUT2D eigenvalue weighted by Crippen LogP contribution is -2.09. The largest absolute Gasteiger partial charge is 0.497 e. The summed E-state index contributed by atoms with van der Waals surface area (Å²) >= 11 is 5.99. The molecule has 0 saturated heterocycles. The van der Waals surface area contributed by atoms with Gasteiger partial charge in [0, 0.05) is 22.2 Å². The summed E-state index contributed by atoms with van der Waals surface area (Å²) in [7, 11) is 1.70. The van der Waals surface area contributed by atoms with Crippen molar-refractivity contribution in [2.45, 2.75) is 19.4 Å². The van der Waals surface area contributed by atoms with Crippen molar-refractivity contribution >= 4 is 22.5 Å². The minimum Gasteiger partial charge on any atom is -0.497 e. The van der Waals surface area contributed by atoms with Crippen molar-refractivity contribution in [3.8, 4) is 5.75 Å². The molecule has 0 radical (unpaired) electrons. The number of aromatic nitrogens is 1. The SMILES string of the molecule is COc1ccc2cc(C)n(C3C=CC(Cl)=CC3)c2c1. The lowest BCUT2D eigenvalue weighted by Gasteiger charge is -2.20. The van der Waals surface area contributed by atoms with Gasteiger partial charge in [-0.2, -0.15) is 0 Å². The van der Waals surface area contributed by atoms with E-state index in [0.29, 0.717) is 6.04 Å². The molecule has 2 nitrogen and oxygen atoms in total. The maximum atomic E-state index is 5.99. The first-order chi connectivity index (χ1) is 9.19. The van der Waals surface area contributed by atoms with Crippen molar-refractivity contribution in [3.05, 3.63) is 53.2 Å². The maximum absolute atomic E-state index is 5.99. The Bertz CT molecular complexity index is 681. The molecule has 98 valence electrons. The highest BCUT2D eigenvalue weighted by atomic mass is 35.5. The van der Waals surface area contributed by atoms with Crippen LogP contribution in [0.5, 0.6) is 5.75 Å². The highest BCUT2D eigenvalue weighted by Crippen LogP contribution is 2.31. The second-order valence-electron chi connectivity index (χ2n) is 4.83. The fraction of sp³-hybridized carbons (Fsp3) is 0.250. The molecule has 3 rings (SSSR count). The summed E-state index contributed by atoms with van der Waals surface area (Å²) in [5.74, 6) is 0.889. The van der Waals surface area contributed by atoms with Crippen molar-refractivity contribution in [2.75, 3.05) is 7.11 Å². The Morgan fingerprint density at radius 3 is 2.84 bits per heavy atom. The van der Waals surface area contributed by atoms with Crippen LogP contribution in [0.4, 0.5) is 0 Å². The van der Waals surface area contributed by atoms with E-state index in [1.54, 1.807) is 7.11 Å². The van der Waals surface area contributed by atoms with E-state index in [0.717, 1.165) is 17.2 Å². The van der Waals surface area contributed by atoms with E-state index in [4.69, 9.17) is 16.3 Å². The molecular weight excluding hydrogens is 258 g/mol. The van der Waals surface area contributed by atoms with Crippen LogP contribution in [0.3, 0.4) is 0 Å². The molecule has 1 atom stereocenters. The van der Waals surface area contributed by atoms with Gasteiger partial charge in [-0.3, -0.25) is 0 Å². The number of hydrogen-bond donors (Lipinski definition) is 0. The highest BCUT2D eigenvalue weighted by molar-refractivity contribution is 6.31. The van der Waals surface area contributed by atoms with E-state index in [1.807, 2.05) is 12.1 Å². The highest BCUT2D eigenvalue weighted by Gasteiger charge is 2.15. The molecule has 1 aliphatic carbocycles. The van der Waals surface area contributed by atoms with Crippen molar-refractivity contribution in [1.82, 2.24) is 4.57 Å². The standard InChI is InChI=1S/C16H16ClNO/c1-11-9-12-3-8-15(19-2)10-16(12)18(11)14-6-4-13(17)5-7-14/h3-6,8-10,14H,7H2,1-2H3. The lowest BCUT2D eigenvalue weighted by molar-refractivity contribution is 0.415. The number of methoxy groups -OCH3 is 1. The zero-order valence-electron chi connectivity index (χ0n) is 11.1. The number of fused-ring (bicyclic) bond motifs is 1. The molecule has 1 aliphatic rings. The van der Waals surface area contributed by atoms with Crippen LogP contribution < -0.4 is 4.74 Å². The van der Waals surface area contributed by atoms with Gasteiger partial charge in [-0.1, -0.05) is 23.8 Å². The van der Waals surface area contributed by atoms with Gasteiger partial charge in [0.05, 0.1) is 18.7 Å². The number of nitrogens with zero attached hydrogens (tertiary/aromatic N) is 1. The number of aryl methyl sites for hydroxylation is 1. The molecule has 0 spiro atoms. The predicted octanol–water partition coefficient (Wildman–Crippen LogP) is 4.58. The van der Waals surface area contributed by atoms with Crippen LogP contribution in [0, 0.1) is 6.92 Å². The van der Waals surface area contributed by atoms with Crippen LogP contribution in [0.15, 0.2) is 47.5 Å². The zero-order chi connectivity index (χ0) is 13.4. The quantitative estimate of drug-likeness (QED) is 0.781. The average molecular weight is 274 g/mol. The summed E-state index contributed by atoms with van der Waals surface area (Å²) in [4.78, 5) is 0. The van der Waals surface area contributed by atoms with E-state index >= 15 is 0 Å². The molecule has 0 saturated carbocycles. The van der Waals surface area contributed by atoms with Gasteiger partial charge in [0.1, 0.15) is 5.75 Å². The third kappa shape index (κ3) is 2.17. The maximum Gasteiger partial charge on any atom is 0.120 e. The van der Waals surface area contributed by atoms with Crippen molar-refractivity contribution < 1.29 is 4.74 Å². The molecule has 19 heavy (non-hydrogen) atoms. The van der Waals surface area contributed by atoms with E-state index in [1.165, 1.54) is 16.6 Å². The monoisotopic (exact) mass is 273 g/mol. The third-order valence-electron chi connectivity index (χ3n) is 3.61. The number of allylic oxidation sites excluding steroid dienone is 4. The van der Waals surface area contributed by atoms with Crippen molar-refractivity contribution in [2.24, 2.45) is 0 Å². The smallest absolute Gasteiger partial charge is 0.120 e. The zero-order valence-corrected chi connectivity index (χ0v) is 11.8. The number of rotatable bonds is 2. The molecule has 1 aromatic carbocycles. The van der Waals surface area contributed by atoms with Crippen molar-refractivity contribution in [3.63, 3.8) is 0 Å². The molecule has 2 aromatic rings. The Balaban J connectivity index is 2.12. The van der Waals surface area contributed by atoms with Crippen LogP contribution in [0.25, 0.3) is 10.9 Å². The molecule has 1 unspecified atom stereocenters. The summed E-state index contributed by atoms with van der Waals surface area (Å²) in [5, 5.41) is 2.07. The summed E-state index contributed by atoms with van der Waals surface area (Å²) in [6.45, 7) is 2.14. The van der Waals surface area contributed by atoms with Gasteiger partial charge in [0.15, 0.2) is 0 Å². The first kappa shape index (κ1) is 12.4. The molecule has 0 aliphatic heterocycles. The van der Waals surface area contributed by atoms with Gasteiger partial charge in [0.25, 0.3) is 0 Å². The fourth-order valence-electron chi connectivity index (χ4n) is 2.68. The third-order valence-corrected chi connectivity index (χ3v) is 3.89. The van der Waals surface area contributed by atoms with Gasteiger partial charge in [-0.15, -0.1) is 0 Å². The van der Waals surface area contributed by atoms with Gasteiger partial charge >= 0.3 is 0 Å². The molecule has 0 amide bonds. The summed E-state index contributed by atoms with van der Waals surface area (Å²) in [5.41, 5.74) is 2.46. The van der Waals surface area contributed by atoms with Crippen LogP contribution >= 0.6 is 11.6 Å². The molecule has 0 fully saturated rings. The van der Waals surface area contributed by atoms with Gasteiger partial charge in [-0.25, -0.2) is 0 Å². The van der Waals surface area contributed by atoms with Crippen LogP contribution in [-0.2, 0) is 0 Å². The number of ether oxygens (including phenoxy) is 1. The topological polar surface area (TPSA) is 14.2 Å². The summed E-state index contributed by atoms with van der Waals surface area (Å²) < 4.78 is 7.67. The number of hydrogen-bond acceptors (Lipinski definition) is 1. The Hall–Kier alpha value is -1.67. The Kier molecular flexibility index (Phi) is 3.11. The molecule has 1 heterocycles. The van der Waals surface area contributed by atoms with Crippen LogP contribution in [0.1, 0.15) is 18.2 Å². The fourth-order valence-corrected chi connectivity index (χ4v) is 2.84. The number of halogens is 1. The van der Waals surface area contributed by atoms with Gasteiger partial charge < -0.3 is 9.30 Å². The Morgan fingerprint density at radius 1 is 1.32 bits per heavy atom. The van der Waals surface area contributed by atoms with Crippen molar-refractivity contribution in [1.29, 1.82) is 0 Å². The molecular formula is C16H16ClNO. The Labute approximate surface area is 117 Å². The van der Waals surface area contributed by atoms with E-state index in [9.17, 15) is 0 Å². The van der Waals surface area contributed by atoms with E-state index in [-0.39, 0.29) is 0 Å². The molecule has 0 N–H and O–H groups in total. The van der Waals surface area contributed by atoms with Crippen LogP contribution in [-0.4, -0.2) is 11.7 Å². The normalized spacial score (nSPS) is 18.7. The minimum absolute atomic E-state index is 0.326.